The second kappa shape index (κ2) is 8.01. The average Bonchev–Trinajstić information content (AvgIpc) is 2.88. The molecule has 0 spiro atoms. The molecule has 1 aromatic carbocycles. The Labute approximate surface area is 131 Å². The third kappa shape index (κ3) is 4.76. The van der Waals surface area contributed by atoms with Crippen molar-refractivity contribution < 1.29 is 0 Å². The molecule has 1 unspecified atom stereocenters. The molecule has 0 saturated carbocycles. The monoisotopic (exact) mass is 339 g/mol. The van der Waals surface area contributed by atoms with E-state index in [0.717, 1.165) is 23.6 Å². The summed E-state index contributed by atoms with van der Waals surface area (Å²) in [4.78, 5) is 5.06. The van der Waals surface area contributed by atoms with Crippen molar-refractivity contribution in [1.82, 2.24) is 9.80 Å². The van der Waals surface area contributed by atoms with Gasteiger partial charge >= 0.3 is 0 Å². The third-order valence-electron chi connectivity index (χ3n) is 4.09. The molecule has 0 bridgehead atoms. The van der Waals surface area contributed by atoms with Crippen molar-refractivity contribution in [2.75, 3.05) is 45.1 Å². The van der Waals surface area contributed by atoms with Gasteiger partial charge in [-0.25, -0.2) is 0 Å². The molecule has 1 aromatic rings. The summed E-state index contributed by atoms with van der Waals surface area (Å²) < 4.78 is 1.13. The van der Waals surface area contributed by atoms with Crippen LogP contribution >= 0.6 is 15.9 Å². The molecule has 2 rings (SSSR count). The van der Waals surface area contributed by atoms with Crippen LogP contribution in [-0.4, -0.2) is 55.6 Å². The number of rotatable bonds is 7. The minimum Gasteiger partial charge on any atom is -0.384 e. The van der Waals surface area contributed by atoms with Gasteiger partial charge in [0.1, 0.15) is 0 Å². The normalized spacial score (nSPS) is 19.7. The van der Waals surface area contributed by atoms with Crippen LogP contribution in [0.25, 0.3) is 0 Å². The molecule has 3 nitrogen and oxygen atoms in total. The van der Waals surface area contributed by atoms with E-state index >= 15 is 0 Å². The summed E-state index contributed by atoms with van der Waals surface area (Å²) in [7, 11) is 2.23. The molecule has 1 fully saturated rings. The second-order valence-corrected chi connectivity index (χ2v) is 6.54. The van der Waals surface area contributed by atoms with Crippen LogP contribution in [0.5, 0.6) is 0 Å². The van der Waals surface area contributed by atoms with Crippen LogP contribution in [0.3, 0.4) is 0 Å². The van der Waals surface area contributed by atoms with Crippen LogP contribution in [-0.2, 0) is 0 Å². The summed E-state index contributed by atoms with van der Waals surface area (Å²) in [5.74, 6) is 0. The molecule has 1 heterocycles. The van der Waals surface area contributed by atoms with Gasteiger partial charge in [-0.2, -0.15) is 0 Å². The molecular weight excluding hydrogens is 314 g/mol. The number of halogens is 1. The van der Waals surface area contributed by atoms with Gasteiger partial charge in [0, 0.05) is 35.8 Å². The Balaban J connectivity index is 1.67. The lowest BCUT2D eigenvalue weighted by atomic mass is 10.2. The van der Waals surface area contributed by atoms with Gasteiger partial charge in [-0.3, -0.25) is 4.90 Å². The van der Waals surface area contributed by atoms with E-state index in [-0.39, 0.29) is 0 Å². The highest BCUT2D eigenvalue weighted by Crippen LogP contribution is 2.17. The van der Waals surface area contributed by atoms with E-state index in [0.29, 0.717) is 0 Å². The van der Waals surface area contributed by atoms with Gasteiger partial charge in [0.15, 0.2) is 0 Å². The molecule has 4 heteroatoms. The van der Waals surface area contributed by atoms with Crippen LogP contribution in [0.1, 0.15) is 19.8 Å². The van der Waals surface area contributed by atoms with E-state index in [1.807, 2.05) is 0 Å². The highest BCUT2D eigenvalue weighted by Gasteiger charge is 2.23. The molecule has 20 heavy (non-hydrogen) atoms. The van der Waals surface area contributed by atoms with Crippen LogP contribution < -0.4 is 5.32 Å². The van der Waals surface area contributed by atoms with Crippen molar-refractivity contribution in [3.63, 3.8) is 0 Å². The Hall–Kier alpha value is -0.580. The zero-order valence-corrected chi connectivity index (χ0v) is 14.2. The van der Waals surface area contributed by atoms with Crippen molar-refractivity contribution in [3.8, 4) is 0 Å². The highest BCUT2D eigenvalue weighted by molar-refractivity contribution is 9.10. The second-order valence-electron chi connectivity index (χ2n) is 5.62. The first-order valence-electron chi connectivity index (χ1n) is 7.61. The number of anilines is 1. The fourth-order valence-corrected chi connectivity index (χ4v) is 3.19. The van der Waals surface area contributed by atoms with Gasteiger partial charge in [-0.1, -0.05) is 22.9 Å². The molecule has 0 aliphatic carbocycles. The first-order valence-corrected chi connectivity index (χ1v) is 8.40. The molecular formula is C16H26BrN3. The predicted octanol–water partition coefficient (Wildman–Crippen LogP) is 3.28. The Kier molecular flexibility index (Phi) is 6.33. The molecule has 1 atom stereocenters. The number of nitrogens with zero attached hydrogens (tertiary/aromatic N) is 2. The number of likely N-dealkylation sites (N-methyl/N-ethyl adjacent to an activating group) is 2. The Morgan fingerprint density at radius 3 is 2.80 bits per heavy atom. The summed E-state index contributed by atoms with van der Waals surface area (Å²) in [5, 5.41) is 3.48. The maximum Gasteiger partial charge on any atom is 0.0341 e. The van der Waals surface area contributed by atoms with Gasteiger partial charge in [-0.05, 0) is 57.2 Å². The topological polar surface area (TPSA) is 18.5 Å². The van der Waals surface area contributed by atoms with Crippen LogP contribution in [0.2, 0.25) is 0 Å². The molecule has 1 saturated heterocycles. The SMILES string of the molecule is CCN1CCCC1CN(C)CCNc1ccc(Br)cc1. The van der Waals surface area contributed by atoms with E-state index in [4.69, 9.17) is 0 Å². The van der Waals surface area contributed by atoms with E-state index in [2.05, 4.69) is 69.3 Å². The van der Waals surface area contributed by atoms with Crippen LogP contribution in [0.4, 0.5) is 5.69 Å². The summed E-state index contributed by atoms with van der Waals surface area (Å²) in [5.41, 5.74) is 1.19. The summed E-state index contributed by atoms with van der Waals surface area (Å²) in [6.45, 7) is 8.02. The van der Waals surface area contributed by atoms with Gasteiger partial charge in [0.05, 0.1) is 0 Å². The largest absolute Gasteiger partial charge is 0.384 e. The number of benzene rings is 1. The summed E-state index contributed by atoms with van der Waals surface area (Å²) in [6, 6.07) is 9.13. The van der Waals surface area contributed by atoms with Crippen molar-refractivity contribution in [2.24, 2.45) is 0 Å². The molecule has 0 radical (unpaired) electrons. The first kappa shape index (κ1) is 15.8. The molecule has 1 aliphatic heterocycles. The fraction of sp³-hybridized carbons (Fsp3) is 0.625. The Morgan fingerprint density at radius 2 is 2.10 bits per heavy atom. The number of nitrogens with one attached hydrogen (secondary N) is 1. The van der Waals surface area contributed by atoms with E-state index in [1.54, 1.807) is 0 Å². The highest BCUT2D eigenvalue weighted by atomic mass is 79.9. The minimum atomic E-state index is 0.762. The third-order valence-corrected chi connectivity index (χ3v) is 4.62. The predicted molar refractivity (Wildman–Crippen MR) is 90.4 cm³/mol. The fourth-order valence-electron chi connectivity index (χ4n) is 2.93. The molecule has 1 aliphatic rings. The lowest BCUT2D eigenvalue weighted by Gasteiger charge is -2.27. The lowest BCUT2D eigenvalue weighted by Crippen LogP contribution is -2.40. The quantitative estimate of drug-likeness (QED) is 0.822. The minimum absolute atomic E-state index is 0.762. The van der Waals surface area contributed by atoms with E-state index in [9.17, 15) is 0 Å². The lowest BCUT2D eigenvalue weighted by molar-refractivity contribution is 0.202. The van der Waals surface area contributed by atoms with Crippen molar-refractivity contribution in [3.05, 3.63) is 28.7 Å². The molecule has 112 valence electrons. The van der Waals surface area contributed by atoms with Gasteiger partial charge in [0.2, 0.25) is 0 Å². The number of hydrogen-bond acceptors (Lipinski definition) is 3. The number of likely N-dealkylation sites (tertiary alicyclic amines) is 1. The summed E-state index contributed by atoms with van der Waals surface area (Å²) in [6.07, 6.45) is 2.72. The smallest absolute Gasteiger partial charge is 0.0341 e. The van der Waals surface area contributed by atoms with E-state index < -0.39 is 0 Å². The number of hydrogen-bond donors (Lipinski definition) is 1. The Morgan fingerprint density at radius 1 is 1.35 bits per heavy atom. The maximum atomic E-state index is 3.48. The Bertz CT molecular complexity index is 393. The average molecular weight is 340 g/mol. The molecule has 1 N–H and O–H groups in total. The first-order chi connectivity index (χ1) is 9.69. The zero-order chi connectivity index (χ0) is 14.4. The van der Waals surface area contributed by atoms with E-state index in [1.165, 1.54) is 38.2 Å². The van der Waals surface area contributed by atoms with Crippen molar-refractivity contribution in [1.29, 1.82) is 0 Å². The zero-order valence-electron chi connectivity index (χ0n) is 12.6. The van der Waals surface area contributed by atoms with Gasteiger partial charge in [0.25, 0.3) is 0 Å². The molecule has 0 amide bonds. The van der Waals surface area contributed by atoms with Crippen LogP contribution in [0, 0.1) is 0 Å². The maximum absolute atomic E-state index is 3.48. The molecule has 0 aromatic heterocycles. The van der Waals surface area contributed by atoms with Gasteiger partial charge in [-0.15, -0.1) is 0 Å². The van der Waals surface area contributed by atoms with Crippen molar-refractivity contribution in [2.45, 2.75) is 25.8 Å². The van der Waals surface area contributed by atoms with Crippen LogP contribution in [0.15, 0.2) is 28.7 Å². The van der Waals surface area contributed by atoms with Gasteiger partial charge < -0.3 is 10.2 Å². The summed E-state index contributed by atoms with van der Waals surface area (Å²) >= 11 is 3.46. The standard InChI is InChI=1S/C16H26BrN3/c1-3-20-11-4-5-16(20)13-19(2)12-10-18-15-8-6-14(17)7-9-15/h6-9,16,18H,3-5,10-13H2,1-2H3. The van der Waals surface area contributed by atoms with Crippen molar-refractivity contribution >= 4 is 21.6 Å².